The minimum atomic E-state index is -0.00404. The van der Waals surface area contributed by atoms with E-state index in [0.29, 0.717) is 12.4 Å². The Hall–Kier alpha value is -0.790. The molecule has 2 N–H and O–H groups in total. The van der Waals surface area contributed by atoms with Gasteiger partial charge in [0, 0.05) is 19.5 Å². The molecule has 17 heavy (non-hydrogen) atoms. The number of halogens is 1. The predicted molar refractivity (Wildman–Crippen MR) is 79.9 cm³/mol. The van der Waals surface area contributed by atoms with Gasteiger partial charge >= 0.3 is 0 Å². The van der Waals surface area contributed by atoms with Crippen LogP contribution < -0.4 is 10.6 Å². The van der Waals surface area contributed by atoms with Crippen molar-refractivity contribution in [3.05, 3.63) is 17.8 Å². The molecular formula is C11H21IN4O. The summed E-state index contributed by atoms with van der Waals surface area (Å²) in [6.45, 7) is 6.81. The van der Waals surface area contributed by atoms with E-state index in [-0.39, 0.29) is 29.4 Å². The summed E-state index contributed by atoms with van der Waals surface area (Å²) in [5, 5.41) is 6.01. The number of oxazole rings is 1. The van der Waals surface area contributed by atoms with E-state index >= 15 is 0 Å². The molecule has 0 unspecified atom stereocenters. The molecule has 5 nitrogen and oxygen atoms in total. The lowest BCUT2D eigenvalue weighted by atomic mass is 9.94. The Labute approximate surface area is 120 Å². The van der Waals surface area contributed by atoms with Gasteiger partial charge in [-0.3, -0.25) is 4.99 Å². The zero-order valence-electron chi connectivity index (χ0n) is 11.0. The summed E-state index contributed by atoms with van der Waals surface area (Å²) in [5.41, 5.74) is -0.00404. The van der Waals surface area contributed by atoms with Crippen LogP contribution in [0.4, 0.5) is 0 Å². The maximum Gasteiger partial charge on any atom is 0.213 e. The molecular weight excluding hydrogens is 331 g/mol. The number of hydrogen-bond donors (Lipinski definition) is 2. The zero-order chi connectivity index (χ0) is 12.2. The number of hydrogen-bond acceptors (Lipinski definition) is 3. The van der Waals surface area contributed by atoms with Crippen LogP contribution in [-0.4, -0.2) is 25.0 Å². The molecule has 0 spiro atoms. The number of rotatable bonds is 2. The summed E-state index contributed by atoms with van der Waals surface area (Å²) < 4.78 is 5.63. The number of aliphatic imine (C=N–C) groups is 1. The van der Waals surface area contributed by atoms with E-state index in [1.165, 1.54) is 0 Å². The summed E-state index contributed by atoms with van der Waals surface area (Å²) in [7, 11) is 3.53. The lowest BCUT2D eigenvalue weighted by Gasteiger charge is -2.13. The SMILES string of the molecule is CN=C(NC)NCc1ncc(C(C)(C)C)o1.I. The highest BCUT2D eigenvalue weighted by Crippen LogP contribution is 2.22. The van der Waals surface area contributed by atoms with Crippen molar-refractivity contribution in [2.24, 2.45) is 4.99 Å². The molecule has 0 fully saturated rings. The molecule has 0 amide bonds. The Morgan fingerprint density at radius 1 is 1.47 bits per heavy atom. The highest BCUT2D eigenvalue weighted by Gasteiger charge is 2.18. The number of nitrogens with one attached hydrogen (secondary N) is 2. The predicted octanol–water partition coefficient (Wildman–Crippen LogP) is 1.88. The third-order valence-corrected chi connectivity index (χ3v) is 2.16. The van der Waals surface area contributed by atoms with Gasteiger partial charge in [-0.1, -0.05) is 20.8 Å². The first-order valence-corrected chi connectivity index (χ1v) is 5.31. The van der Waals surface area contributed by atoms with Gasteiger partial charge in [0.1, 0.15) is 5.76 Å². The maximum absolute atomic E-state index is 5.63. The molecule has 1 heterocycles. The van der Waals surface area contributed by atoms with E-state index in [2.05, 4.69) is 41.4 Å². The fourth-order valence-corrected chi connectivity index (χ4v) is 1.18. The third-order valence-electron chi connectivity index (χ3n) is 2.16. The second-order valence-electron chi connectivity index (χ2n) is 4.54. The lowest BCUT2D eigenvalue weighted by Crippen LogP contribution is -2.34. The van der Waals surface area contributed by atoms with Crippen LogP contribution >= 0.6 is 24.0 Å². The quantitative estimate of drug-likeness (QED) is 0.485. The molecule has 0 radical (unpaired) electrons. The number of nitrogens with zero attached hydrogens (tertiary/aromatic N) is 2. The van der Waals surface area contributed by atoms with Gasteiger partial charge in [0.15, 0.2) is 5.96 Å². The second-order valence-corrected chi connectivity index (χ2v) is 4.54. The van der Waals surface area contributed by atoms with Crippen LogP contribution in [0.3, 0.4) is 0 Å². The number of guanidine groups is 1. The van der Waals surface area contributed by atoms with Crippen molar-refractivity contribution < 1.29 is 4.42 Å². The molecule has 0 saturated carbocycles. The zero-order valence-corrected chi connectivity index (χ0v) is 13.3. The monoisotopic (exact) mass is 352 g/mol. The topological polar surface area (TPSA) is 62.5 Å². The van der Waals surface area contributed by atoms with Crippen molar-refractivity contribution >= 4 is 29.9 Å². The van der Waals surface area contributed by atoms with Gasteiger partial charge in [-0.2, -0.15) is 0 Å². The van der Waals surface area contributed by atoms with Gasteiger partial charge < -0.3 is 15.1 Å². The molecule has 1 rings (SSSR count). The molecule has 0 bridgehead atoms. The van der Waals surface area contributed by atoms with Crippen LogP contribution in [0.25, 0.3) is 0 Å². The Morgan fingerprint density at radius 2 is 2.12 bits per heavy atom. The smallest absolute Gasteiger partial charge is 0.213 e. The van der Waals surface area contributed by atoms with E-state index in [1.807, 2.05) is 7.05 Å². The highest BCUT2D eigenvalue weighted by atomic mass is 127. The summed E-state index contributed by atoms with van der Waals surface area (Å²) in [5.74, 6) is 2.28. The van der Waals surface area contributed by atoms with Crippen LogP contribution in [0.2, 0.25) is 0 Å². The average Bonchev–Trinajstić information content (AvgIpc) is 2.67. The summed E-state index contributed by atoms with van der Waals surface area (Å²) in [4.78, 5) is 8.21. The van der Waals surface area contributed by atoms with E-state index in [9.17, 15) is 0 Å². The van der Waals surface area contributed by atoms with Crippen molar-refractivity contribution in [1.82, 2.24) is 15.6 Å². The highest BCUT2D eigenvalue weighted by molar-refractivity contribution is 14.0. The summed E-state index contributed by atoms with van der Waals surface area (Å²) >= 11 is 0. The van der Waals surface area contributed by atoms with Gasteiger partial charge in [-0.25, -0.2) is 4.98 Å². The van der Waals surface area contributed by atoms with Crippen LogP contribution in [0.5, 0.6) is 0 Å². The molecule has 0 atom stereocenters. The second kappa shape index (κ2) is 6.83. The van der Waals surface area contributed by atoms with E-state index < -0.39 is 0 Å². The molecule has 6 heteroatoms. The molecule has 0 saturated heterocycles. The first-order chi connectivity index (χ1) is 7.47. The van der Waals surface area contributed by atoms with Gasteiger partial charge in [-0.15, -0.1) is 24.0 Å². The van der Waals surface area contributed by atoms with Gasteiger partial charge in [0.05, 0.1) is 12.7 Å². The van der Waals surface area contributed by atoms with Crippen LogP contribution in [0.15, 0.2) is 15.6 Å². The minimum absolute atomic E-state index is 0. The van der Waals surface area contributed by atoms with E-state index in [1.54, 1.807) is 13.2 Å². The van der Waals surface area contributed by atoms with Crippen molar-refractivity contribution in [3.8, 4) is 0 Å². The molecule has 0 aliphatic carbocycles. The molecule has 1 aromatic heterocycles. The Kier molecular flexibility index (Phi) is 6.51. The van der Waals surface area contributed by atoms with Crippen LogP contribution in [-0.2, 0) is 12.0 Å². The standard InChI is InChI=1S/C11H20N4O.HI/c1-11(2,3)8-6-14-9(16-8)7-15-10(12-4)13-5;/h6H,7H2,1-5H3,(H2,12,13,15);1H. The summed E-state index contributed by atoms with van der Waals surface area (Å²) in [6, 6.07) is 0. The molecule has 0 aliphatic heterocycles. The fourth-order valence-electron chi connectivity index (χ4n) is 1.18. The summed E-state index contributed by atoms with van der Waals surface area (Å²) in [6.07, 6.45) is 1.78. The van der Waals surface area contributed by atoms with Crippen molar-refractivity contribution in [1.29, 1.82) is 0 Å². The lowest BCUT2D eigenvalue weighted by molar-refractivity contribution is 0.379. The normalized spacial score (nSPS) is 11.9. The van der Waals surface area contributed by atoms with Crippen molar-refractivity contribution in [2.75, 3.05) is 14.1 Å². The van der Waals surface area contributed by atoms with Crippen LogP contribution in [0, 0.1) is 0 Å². The van der Waals surface area contributed by atoms with Gasteiger partial charge in [0.2, 0.25) is 5.89 Å². The largest absolute Gasteiger partial charge is 0.443 e. The number of aromatic nitrogens is 1. The van der Waals surface area contributed by atoms with E-state index in [0.717, 1.165) is 11.7 Å². The Morgan fingerprint density at radius 3 is 2.53 bits per heavy atom. The Bertz CT molecular complexity index is 368. The van der Waals surface area contributed by atoms with Crippen molar-refractivity contribution in [2.45, 2.75) is 32.7 Å². The molecule has 98 valence electrons. The first-order valence-electron chi connectivity index (χ1n) is 5.31. The van der Waals surface area contributed by atoms with Gasteiger partial charge in [0.25, 0.3) is 0 Å². The Balaban J connectivity index is 0.00000256. The molecule has 0 aromatic carbocycles. The third kappa shape index (κ3) is 4.93. The van der Waals surface area contributed by atoms with Crippen LogP contribution in [0.1, 0.15) is 32.4 Å². The average molecular weight is 352 g/mol. The maximum atomic E-state index is 5.63. The molecule has 0 aliphatic rings. The fraction of sp³-hybridized carbons (Fsp3) is 0.636. The minimum Gasteiger partial charge on any atom is -0.443 e. The van der Waals surface area contributed by atoms with E-state index in [4.69, 9.17) is 4.42 Å². The first kappa shape index (κ1) is 16.2. The molecule has 1 aromatic rings. The van der Waals surface area contributed by atoms with Gasteiger partial charge in [-0.05, 0) is 0 Å². The van der Waals surface area contributed by atoms with Crippen molar-refractivity contribution in [3.63, 3.8) is 0 Å².